The molecule has 1 N–H and O–H groups in total. The highest BCUT2D eigenvalue weighted by Crippen LogP contribution is 2.20. The lowest BCUT2D eigenvalue weighted by Gasteiger charge is -1.97. The van der Waals surface area contributed by atoms with Crippen LogP contribution in [0, 0.1) is 0 Å². The molecule has 2 rings (SSSR count). The van der Waals surface area contributed by atoms with Gasteiger partial charge in [-0.1, -0.05) is 6.92 Å². The second-order valence-corrected chi connectivity index (χ2v) is 3.27. The second kappa shape index (κ2) is 4.79. The molecule has 4 heteroatoms. The third-order valence-corrected chi connectivity index (χ3v) is 2.02. The zero-order chi connectivity index (χ0) is 10.5. The van der Waals surface area contributed by atoms with Gasteiger partial charge in [-0.3, -0.25) is 0 Å². The number of nitrogens with zero attached hydrogens (tertiary/aromatic N) is 1. The van der Waals surface area contributed by atoms with E-state index in [1.807, 2.05) is 12.1 Å². The zero-order valence-electron chi connectivity index (χ0n) is 8.69. The van der Waals surface area contributed by atoms with Crippen molar-refractivity contribution < 1.29 is 8.83 Å². The Morgan fingerprint density at radius 1 is 1.40 bits per heavy atom. The number of hydrogen-bond donors (Lipinski definition) is 1. The van der Waals surface area contributed by atoms with Gasteiger partial charge in [-0.2, -0.15) is 0 Å². The molecule has 80 valence electrons. The van der Waals surface area contributed by atoms with Crippen molar-refractivity contribution in [3.63, 3.8) is 0 Å². The summed E-state index contributed by atoms with van der Waals surface area (Å²) in [6.07, 6.45) is 4.40. The molecule has 4 nitrogen and oxygen atoms in total. The molecular weight excluding hydrogens is 192 g/mol. The highest BCUT2D eigenvalue weighted by Gasteiger charge is 2.07. The van der Waals surface area contributed by atoms with Crippen LogP contribution in [0.1, 0.15) is 19.2 Å². The number of furan rings is 1. The minimum Gasteiger partial charge on any atom is -0.461 e. The predicted molar refractivity (Wildman–Crippen MR) is 56.2 cm³/mol. The fourth-order valence-electron chi connectivity index (χ4n) is 1.30. The Kier molecular flexibility index (Phi) is 3.19. The smallest absolute Gasteiger partial charge is 0.209 e. The van der Waals surface area contributed by atoms with Crippen molar-refractivity contribution in [3.05, 3.63) is 30.5 Å². The van der Waals surface area contributed by atoms with Gasteiger partial charge in [0.15, 0.2) is 11.5 Å². The summed E-state index contributed by atoms with van der Waals surface area (Å²) in [6, 6.07) is 3.68. The molecule has 0 spiro atoms. The summed E-state index contributed by atoms with van der Waals surface area (Å²) in [6.45, 7) is 3.75. The van der Waals surface area contributed by atoms with Crippen molar-refractivity contribution in [3.8, 4) is 11.5 Å². The molecule has 0 aliphatic heterocycles. The standard InChI is InChI=1S/C11H14N2O2/c1-2-5-12-8-11-13-7-10(15-11)9-4-3-6-14-9/h3-4,6-7,12H,2,5,8H2,1H3. The monoisotopic (exact) mass is 206 g/mol. The molecule has 0 saturated heterocycles. The Morgan fingerprint density at radius 3 is 3.07 bits per heavy atom. The summed E-state index contributed by atoms with van der Waals surface area (Å²) < 4.78 is 10.7. The van der Waals surface area contributed by atoms with E-state index < -0.39 is 0 Å². The van der Waals surface area contributed by atoms with Crippen molar-refractivity contribution in [1.29, 1.82) is 0 Å². The SMILES string of the molecule is CCCNCc1ncc(-c2ccco2)o1. The first kappa shape index (κ1) is 9.98. The van der Waals surface area contributed by atoms with Gasteiger partial charge in [0.2, 0.25) is 5.89 Å². The molecule has 0 aromatic carbocycles. The van der Waals surface area contributed by atoms with Crippen LogP contribution in [0.15, 0.2) is 33.4 Å². The summed E-state index contributed by atoms with van der Waals surface area (Å²) in [5.41, 5.74) is 0. The number of oxazole rings is 1. The van der Waals surface area contributed by atoms with Gasteiger partial charge in [0.05, 0.1) is 19.0 Å². The Morgan fingerprint density at radius 2 is 2.33 bits per heavy atom. The molecule has 15 heavy (non-hydrogen) atoms. The normalized spacial score (nSPS) is 10.7. The lowest BCUT2D eigenvalue weighted by Crippen LogP contribution is -2.13. The Hall–Kier alpha value is -1.55. The Balaban J connectivity index is 1.98. The van der Waals surface area contributed by atoms with Crippen molar-refractivity contribution in [2.24, 2.45) is 0 Å². The predicted octanol–water partition coefficient (Wildman–Crippen LogP) is 2.43. The average molecular weight is 206 g/mol. The Bertz CT molecular complexity index is 392. The van der Waals surface area contributed by atoms with E-state index >= 15 is 0 Å². The topological polar surface area (TPSA) is 51.2 Å². The highest BCUT2D eigenvalue weighted by molar-refractivity contribution is 5.47. The molecule has 0 unspecified atom stereocenters. The van der Waals surface area contributed by atoms with Gasteiger partial charge >= 0.3 is 0 Å². The van der Waals surface area contributed by atoms with Crippen LogP contribution < -0.4 is 5.32 Å². The van der Waals surface area contributed by atoms with E-state index in [0.717, 1.165) is 13.0 Å². The van der Waals surface area contributed by atoms with E-state index in [0.29, 0.717) is 24.0 Å². The molecule has 0 fully saturated rings. The van der Waals surface area contributed by atoms with Crippen LogP contribution in [0.5, 0.6) is 0 Å². The van der Waals surface area contributed by atoms with Crippen LogP contribution in [-0.4, -0.2) is 11.5 Å². The molecule has 2 heterocycles. The first-order valence-corrected chi connectivity index (χ1v) is 5.09. The van der Waals surface area contributed by atoms with Crippen LogP contribution in [0.25, 0.3) is 11.5 Å². The van der Waals surface area contributed by atoms with E-state index in [1.165, 1.54) is 0 Å². The van der Waals surface area contributed by atoms with E-state index in [-0.39, 0.29) is 0 Å². The van der Waals surface area contributed by atoms with Gasteiger partial charge < -0.3 is 14.2 Å². The first-order chi connectivity index (χ1) is 7.40. The molecule has 0 aliphatic carbocycles. The van der Waals surface area contributed by atoms with Gasteiger partial charge in [0.1, 0.15) is 0 Å². The van der Waals surface area contributed by atoms with Crippen molar-refractivity contribution in [1.82, 2.24) is 10.3 Å². The molecule has 0 saturated carbocycles. The maximum Gasteiger partial charge on any atom is 0.209 e. The van der Waals surface area contributed by atoms with Crippen molar-refractivity contribution in [2.45, 2.75) is 19.9 Å². The maximum atomic E-state index is 5.51. The van der Waals surface area contributed by atoms with Gasteiger partial charge in [-0.15, -0.1) is 0 Å². The summed E-state index contributed by atoms with van der Waals surface area (Å²) in [7, 11) is 0. The molecule has 0 bridgehead atoms. The molecular formula is C11H14N2O2. The summed E-state index contributed by atoms with van der Waals surface area (Å²) in [4.78, 5) is 4.15. The van der Waals surface area contributed by atoms with Crippen LogP contribution in [0.4, 0.5) is 0 Å². The van der Waals surface area contributed by atoms with Crippen LogP contribution >= 0.6 is 0 Å². The number of rotatable bonds is 5. The molecule has 0 atom stereocenters. The van der Waals surface area contributed by atoms with Crippen LogP contribution in [0.2, 0.25) is 0 Å². The molecule has 2 aromatic heterocycles. The maximum absolute atomic E-state index is 5.51. The molecule has 0 radical (unpaired) electrons. The lowest BCUT2D eigenvalue weighted by molar-refractivity contribution is 0.462. The number of aromatic nitrogens is 1. The van der Waals surface area contributed by atoms with Crippen LogP contribution in [-0.2, 0) is 6.54 Å². The van der Waals surface area contributed by atoms with Crippen molar-refractivity contribution >= 4 is 0 Å². The fourth-order valence-corrected chi connectivity index (χ4v) is 1.30. The minimum absolute atomic E-state index is 0.661. The summed E-state index contributed by atoms with van der Waals surface area (Å²) in [5.74, 6) is 2.08. The van der Waals surface area contributed by atoms with Gasteiger partial charge in [0.25, 0.3) is 0 Å². The highest BCUT2D eigenvalue weighted by atomic mass is 16.4. The molecule has 0 aliphatic rings. The zero-order valence-corrected chi connectivity index (χ0v) is 8.69. The average Bonchev–Trinajstić information content (AvgIpc) is 2.87. The first-order valence-electron chi connectivity index (χ1n) is 5.09. The number of nitrogens with one attached hydrogen (secondary N) is 1. The Labute approximate surface area is 88.3 Å². The summed E-state index contributed by atoms with van der Waals surface area (Å²) in [5, 5.41) is 3.22. The lowest BCUT2D eigenvalue weighted by atomic mass is 10.4. The van der Waals surface area contributed by atoms with Gasteiger partial charge in [0, 0.05) is 0 Å². The molecule has 2 aromatic rings. The van der Waals surface area contributed by atoms with E-state index in [1.54, 1.807) is 12.5 Å². The fraction of sp³-hybridized carbons (Fsp3) is 0.364. The van der Waals surface area contributed by atoms with E-state index in [4.69, 9.17) is 8.83 Å². The third kappa shape index (κ3) is 2.47. The molecule has 0 amide bonds. The quantitative estimate of drug-likeness (QED) is 0.763. The van der Waals surface area contributed by atoms with E-state index in [2.05, 4.69) is 17.2 Å². The van der Waals surface area contributed by atoms with Crippen molar-refractivity contribution in [2.75, 3.05) is 6.54 Å². The summed E-state index contributed by atoms with van der Waals surface area (Å²) >= 11 is 0. The largest absolute Gasteiger partial charge is 0.461 e. The second-order valence-electron chi connectivity index (χ2n) is 3.27. The third-order valence-electron chi connectivity index (χ3n) is 2.02. The number of hydrogen-bond acceptors (Lipinski definition) is 4. The van der Waals surface area contributed by atoms with E-state index in [9.17, 15) is 0 Å². The minimum atomic E-state index is 0.661. The van der Waals surface area contributed by atoms with Crippen LogP contribution in [0.3, 0.4) is 0 Å². The van der Waals surface area contributed by atoms with Gasteiger partial charge in [-0.25, -0.2) is 4.98 Å². The van der Waals surface area contributed by atoms with Gasteiger partial charge in [-0.05, 0) is 25.1 Å².